The summed E-state index contributed by atoms with van der Waals surface area (Å²) in [6.45, 7) is 8.45. The monoisotopic (exact) mass is 271 g/mol. The molecule has 2 aromatic rings. The van der Waals surface area contributed by atoms with Gasteiger partial charge in [-0.1, -0.05) is 24.3 Å². The van der Waals surface area contributed by atoms with E-state index in [4.69, 9.17) is 0 Å². The van der Waals surface area contributed by atoms with Crippen molar-refractivity contribution < 1.29 is 4.39 Å². The molecule has 20 heavy (non-hydrogen) atoms. The third-order valence-electron chi connectivity index (χ3n) is 4.22. The topological polar surface area (TPSA) is 12.0 Å². The zero-order valence-electron chi connectivity index (χ0n) is 12.8. The number of rotatable bonds is 3. The van der Waals surface area contributed by atoms with Gasteiger partial charge in [-0.3, -0.25) is 0 Å². The normalized spacial score (nSPS) is 12.5. The van der Waals surface area contributed by atoms with Gasteiger partial charge in [0.1, 0.15) is 5.82 Å². The van der Waals surface area contributed by atoms with Gasteiger partial charge in [0.25, 0.3) is 0 Å². The molecule has 0 fully saturated rings. The van der Waals surface area contributed by atoms with Gasteiger partial charge in [-0.15, -0.1) is 0 Å². The van der Waals surface area contributed by atoms with E-state index in [0.29, 0.717) is 5.56 Å². The molecule has 0 spiro atoms. The van der Waals surface area contributed by atoms with Gasteiger partial charge in [0.15, 0.2) is 0 Å². The van der Waals surface area contributed by atoms with Gasteiger partial charge in [0.05, 0.1) is 6.04 Å². The fourth-order valence-corrected chi connectivity index (χ4v) is 2.84. The minimum absolute atomic E-state index is 0.116. The second-order valence-electron chi connectivity index (χ2n) is 5.42. The molecule has 0 saturated heterocycles. The lowest BCUT2D eigenvalue weighted by Crippen LogP contribution is -2.21. The van der Waals surface area contributed by atoms with E-state index in [0.717, 1.165) is 0 Å². The van der Waals surface area contributed by atoms with E-state index in [-0.39, 0.29) is 11.9 Å². The molecule has 106 valence electrons. The van der Waals surface area contributed by atoms with Crippen LogP contribution in [-0.2, 0) is 0 Å². The van der Waals surface area contributed by atoms with Gasteiger partial charge in [-0.05, 0) is 68.6 Å². The van der Waals surface area contributed by atoms with Crippen molar-refractivity contribution in [2.24, 2.45) is 0 Å². The highest BCUT2D eigenvalue weighted by atomic mass is 19.1. The van der Waals surface area contributed by atoms with Crippen LogP contribution in [0.3, 0.4) is 0 Å². The molecule has 0 heterocycles. The van der Waals surface area contributed by atoms with Crippen LogP contribution in [0.15, 0.2) is 30.3 Å². The van der Waals surface area contributed by atoms with Crippen LogP contribution in [0, 0.1) is 33.5 Å². The molecule has 1 N–H and O–H groups in total. The molecule has 1 atom stereocenters. The van der Waals surface area contributed by atoms with Gasteiger partial charge < -0.3 is 5.32 Å². The van der Waals surface area contributed by atoms with E-state index >= 15 is 0 Å². The quantitative estimate of drug-likeness (QED) is 0.874. The molecule has 0 bridgehead atoms. The third kappa shape index (κ3) is 2.48. The standard InChI is InChI=1S/C18H22FN/c1-11-10-12(2)14(4)17(13(11)3)18(20-5)15-8-6-7-9-16(15)19/h6-10,18,20H,1-5H3. The predicted octanol–water partition coefficient (Wildman–Crippen LogP) is 4.37. The van der Waals surface area contributed by atoms with Crippen molar-refractivity contribution in [1.82, 2.24) is 5.32 Å². The van der Waals surface area contributed by atoms with E-state index in [1.54, 1.807) is 6.07 Å². The molecule has 0 aliphatic rings. The Morgan fingerprint density at radius 3 is 2.00 bits per heavy atom. The van der Waals surface area contributed by atoms with Crippen LogP contribution in [0.5, 0.6) is 0 Å². The van der Waals surface area contributed by atoms with Crippen LogP contribution in [0.4, 0.5) is 4.39 Å². The molecule has 1 nitrogen and oxygen atoms in total. The minimum atomic E-state index is -0.162. The predicted molar refractivity (Wildman–Crippen MR) is 82.7 cm³/mol. The third-order valence-corrected chi connectivity index (χ3v) is 4.22. The summed E-state index contributed by atoms with van der Waals surface area (Å²) in [5.41, 5.74) is 6.85. The lowest BCUT2D eigenvalue weighted by Gasteiger charge is -2.24. The lowest BCUT2D eigenvalue weighted by atomic mass is 9.86. The molecule has 0 saturated carbocycles. The Morgan fingerprint density at radius 2 is 1.50 bits per heavy atom. The van der Waals surface area contributed by atoms with Crippen molar-refractivity contribution in [3.05, 3.63) is 69.5 Å². The molecule has 2 rings (SSSR count). The average Bonchev–Trinajstić information content (AvgIpc) is 2.42. The molecule has 0 aliphatic heterocycles. The van der Waals surface area contributed by atoms with Crippen LogP contribution >= 0.6 is 0 Å². The Hall–Kier alpha value is -1.67. The Kier molecular flexibility index (Phi) is 4.24. The summed E-state index contributed by atoms with van der Waals surface area (Å²) in [7, 11) is 1.88. The fraction of sp³-hybridized carbons (Fsp3) is 0.333. The Bertz CT molecular complexity index is 605. The summed E-state index contributed by atoms with van der Waals surface area (Å²) in [6.07, 6.45) is 0. The molecule has 0 aromatic heterocycles. The summed E-state index contributed by atoms with van der Waals surface area (Å²) < 4.78 is 14.1. The number of benzene rings is 2. The zero-order valence-corrected chi connectivity index (χ0v) is 12.8. The van der Waals surface area contributed by atoms with E-state index in [2.05, 4.69) is 39.1 Å². The largest absolute Gasteiger partial charge is 0.309 e. The Morgan fingerprint density at radius 1 is 0.950 bits per heavy atom. The van der Waals surface area contributed by atoms with Gasteiger partial charge in [-0.2, -0.15) is 0 Å². The molecular weight excluding hydrogens is 249 g/mol. The van der Waals surface area contributed by atoms with Crippen molar-refractivity contribution in [3.8, 4) is 0 Å². The number of halogens is 1. The smallest absolute Gasteiger partial charge is 0.128 e. The first-order valence-electron chi connectivity index (χ1n) is 6.96. The highest BCUT2D eigenvalue weighted by Gasteiger charge is 2.21. The van der Waals surface area contributed by atoms with Crippen molar-refractivity contribution >= 4 is 0 Å². The van der Waals surface area contributed by atoms with Gasteiger partial charge >= 0.3 is 0 Å². The van der Waals surface area contributed by atoms with Crippen LogP contribution in [0.1, 0.15) is 39.4 Å². The van der Waals surface area contributed by atoms with Crippen molar-refractivity contribution in [2.45, 2.75) is 33.7 Å². The zero-order chi connectivity index (χ0) is 14.9. The van der Waals surface area contributed by atoms with E-state index in [1.807, 2.05) is 19.2 Å². The number of aryl methyl sites for hydroxylation is 2. The highest BCUT2D eigenvalue weighted by molar-refractivity contribution is 5.49. The van der Waals surface area contributed by atoms with Crippen LogP contribution in [0.2, 0.25) is 0 Å². The number of nitrogens with one attached hydrogen (secondary N) is 1. The molecule has 2 heteroatoms. The lowest BCUT2D eigenvalue weighted by molar-refractivity contribution is 0.574. The second kappa shape index (κ2) is 5.76. The van der Waals surface area contributed by atoms with E-state index in [9.17, 15) is 4.39 Å². The number of hydrogen-bond acceptors (Lipinski definition) is 1. The summed E-state index contributed by atoms with van der Waals surface area (Å²) >= 11 is 0. The maximum Gasteiger partial charge on any atom is 0.128 e. The van der Waals surface area contributed by atoms with Gasteiger partial charge in [-0.25, -0.2) is 4.39 Å². The summed E-state index contributed by atoms with van der Waals surface area (Å²) in [6, 6.07) is 9.07. The molecule has 2 aromatic carbocycles. The number of hydrogen-bond donors (Lipinski definition) is 1. The Balaban J connectivity index is 2.68. The van der Waals surface area contributed by atoms with Crippen LogP contribution in [0.25, 0.3) is 0 Å². The van der Waals surface area contributed by atoms with Crippen molar-refractivity contribution in [1.29, 1.82) is 0 Å². The van der Waals surface area contributed by atoms with Crippen molar-refractivity contribution in [2.75, 3.05) is 7.05 Å². The van der Waals surface area contributed by atoms with Crippen LogP contribution < -0.4 is 5.32 Å². The first-order chi connectivity index (χ1) is 9.47. The fourth-order valence-electron chi connectivity index (χ4n) is 2.84. The molecular formula is C18H22FN. The minimum Gasteiger partial charge on any atom is -0.309 e. The van der Waals surface area contributed by atoms with E-state index in [1.165, 1.54) is 33.9 Å². The SMILES string of the molecule is CNC(c1ccccc1F)c1c(C)c(C)cc(C)c1C. The summed E-state index contributed by atoms with van der Waals surface area (Å²) in [5, 5.41) is 3.27. The van der Waals surface area contributed by atoms with Crippen molar-refractivity contribution in [3.63, 3.8) is 0 Å². The van der Waals surface area contributed by atoms with Gasteiger partial charge in [0, 0.05) is 5.56 Å². The first-order valence-corrected chi connectivity index (χ1v) is 6.96. The Labute approximate surface area is 120 Å². The van der Waals surface area contributed by atoms with Crippen LogP contribution in [-0.4, -0.2) is 7.05 Å². The highest BCUT2D eigenvalue weighted by Crippen LogP contribution is 2.32. The van der Waals surface area contributed by atoms with Gasteiger partial charge in [0.2, 0.25) is 0 Å². The maximum atomic E-state index is 14.1. The molecule has 0 radical (unpaired) electrons. The average molecular weight is 271 g/mol. The summed E-state index contributed by atoms with van der Waals surface area (Å²) in [5.74, 6) is -0.162. The maximum absolute atomic E-state index is 14.1. The molecule has 1 unspecified atom stereocenters. The first kappa shape index (κ1) is 14.7. The van der Waals surface area contributed by atoms with E-state index < -0.39 is 0 Å². The second-order valence-corrected chi connectivity index (χ2v) is 5.42. The summed E-state index contributed by atoms with van der Waals surface area (Å²) in [4.78, 5) is 0. The molecule has 0 aliphatic carbocycles. The molecule has 0 amide bonds.